The molecule has 0 aliphatic rings. The van der Waals surface area contributed by atoms with Gasteiger partial charge in [0, 0.05) is 0 Å². The van der Waals surface area contributed by atoms with Crippen LogP contribution < -0.4 is 0 Å². The van der Waals surface area contributed by atoms with Crippen LogP contribution >= 0.6 is 0 Å². The standard InChI is InChI=1S/C9H20O/c1-4-5-6-7-8(2)9(3)10/h8-10H,4-7H2,1-3H3/t8-,9+/m1/s1. The molecule has 0 amide bonds. The highest BCUT2D eigenvalue weighted by molar-refractivity contribution is 4.58. The molecule has 0 aliphatic heterocycles. The Kier molecular flexibility index (Phi) is 5.70. The number of hydrogen-bond acceptors (Lipinski definition) is 1. The lowest BCUT2D eigenvalue weighted by molar-refractivity contribution is 0.128. The molecule has 0 aromatic carbocycles. The van der Waals surface area contributed by atoms with Crippen molar-refractivity contribution in [3.8, 4) is 0 Å². The van der Waals surface area contributed by atoms with Crippen molar-refractivity contribution in [1.82, 2.24) is 0 Å². The van der Waals surface area contributed by atoms with E-state index in [0.717, 1.165) is 0 Å². The molecule has 0 fully saturated rings. The van der Waals surface area contributed by atoms with Gasteiger partial charge in [-0.2, -0.15) is 0 Å². The molecule has 0 rings (SSSR count). The summed E-state index contributed by atoms with van der Waals surface area (Å²) in [4.78, 5) is 0. The minimum absolute atomic E-state index is 0.128. The number of hydrogen-bond donors (Lipinski definition) is 1. The van der Waals surface area contributed by atoms with Gasteiger partial charge in [-0.05, 0) is 19.3 Å². The van der Waals surface area contributed by atoms with E-state index in [9.17, 15) is 0 Å². The smallest absolute Gasteiger partial charge is 0.0537 e. The van der Waals surface area contributed by atoms with E-state index >= 15 is 0 Å². The fourth-order valence-electron chi connectivity index (χ4n) is 0.958. The third kappa shape index (κ3) is 4.80. The summed E-state index contributed by atoms with van der Waals surface area (Å²) in [5.41, 5.74) is 0. The zero-order valence-corrected chi connectivity index (χ0v) is 7.43. The van der Waals surface area contributed by atoms with Crippen LogP contribution in [-0.2, 0) is 0 Å². The van der Waals surface area contributed by atoms with E-state index < -0.39 is 0 Å². The number of rotatable bonds is 5. The monoisotopic (exact) mass is 144 g/mol. The predicted octanol–water partition coefficient (Wildman–Crippen LogP) is 2.58. The maximum Gasteiger partial charge on any atom is 0.0537 e. The molecular weight excluding hydrogens is 124 g/mol. The van der Waals surface area contributed by atoms with Gasteiger partial charge in [-0.25, -0.2) is 0 Å². The van der Waals surface area contributed by atoms with E-state index in [1.165, 1.54) is 25.7 Å². The van der Waals surface area contributed by atoms with E-state index in [4.69, 9.17) is 5.11 Å². The van der Waals surface area contributed by atoms with Crippen LogP contribution in [0.3, 0.4) is 0 Å². The Balaban J connectivity index is 3.13. The van der Waals surface area contributed by atoms with Crippen LogP contribution in [0.1, 0.15) is 46.5 Å². The molecule has 1 N–H and O–H groups in total. The molecule has 0 radical (unpaired) electrons. The molecule has 62 valence electrons. The Bertz CT molecular complexity index is 69.1. The Labute approximate surface area is 64.5 Å². The second-order valence-corrected chi connectivity index (χ2v) is 3.21. The highest BCUT2D eigenvalue weighted by Crippen LogP contribution is 2.12. The minimum atomic E-state index is -0.128. The second-order valence-electron chi connectivity index (χ2n) is 3.21. The number of aliphatic hydroxyl groups excluding tert-OH is 1. The first-order valence-corrected chi connectivity index (χ1v) is 4.36. The third-order valence-corrected chi connectivity index (χ3v) is 2.09. The van der Waals surface area contributed by atoms with E-state index in [1.54, 1.807) is 0 Å². The maximum absolute atomic E-state index is 9.12. The third-order valence-electron chi connectivity index (χ3n) is 2.09. The van der Waals surface area contributed by atoms with E-state index in [2.05, 4.69) is 13.8 Å². The van der Waals surface area contributed by atoms with Gasteiger partial charge < -0.3 is 5.11 Å². The SMILES string of the molecule is CCCCC[C@@H](C)[C@H](C)O. The van der Waals surface area contributed by atoms with Crippen LogP contribution in [0, 0.1) is 5.92 Å². The highest BCUT2D eigenvalue weighted by Gasteiger charge is 2.06. The molecule has 10 heavy (non-hydrogen) atoms. The first-order chi connectivity index (χ1) is 4.68. The van der Waals surface area contributed by atoms with Gasteiger partial charge in [0.2, 0.25) is 0 Å². The van der Waals surface area contributed by atoms with Crippen LogP contribution in [0.15, 0.2) is 0 Å². The average Bonchev–Trinajstić information content (AvgIpc) is 1.88. The molecule has 0 aromatic heterocycles. The van der Waals surface area contributed by atoms with Crippen LogP contribution in [0.5, 0.6) is 0 Å². The minimum Gasteiger partial charge on any atom is -0.393 e. The maximum atomic E-state index is 9.12. The molecular formula is C9H20O. The average molecular weight is 144 g/mol. The largest absolute Gasteiger partial charge is 0.393 e. The molecule has 0 unspecified atom stereocenters. The van der Waals surface area contributed by atoms with Crippen molar-refractivity contribution in [2.75, 3.05) is 0 Å². The van der Waals surface area contributed by atoms with Gasteiger partial charge in [0.15, 0.2) is 0 Å². The Morgan fingerprint density at radius 1 is 1.20 bits per heavy atom. The molecule has 0 aliphatic carbocycles. The van der Waals surface area contributed by atoms with Gasteiger partial charge in [0.25, 0.3) is 0 Å². The zero-order valence-electron chi connectivity index (χ0n) is 7.43. The summed E-state index contributed by atoms with van der Waals surface area (Å²) in [6.07, 6.45) is 4.88. The first kappa shape index (κ1) is 9.96. The van der Waals surface area contributed by atoms with Crippen LogP contribution in [0.25, 0.3) is 0 Å². The molecule has 0 saturated heterocycles. The quantitative estimate of drug-likeness (QED) is 0.588. The van der Waals surface area contributed by atoms with Crippen molar-refractivity contribution in [3.63, 3.8) is 0 Å². The number of unbranched alkanes of at least 4 members (excludes halogenated alkanes) is 2. The molecule has 1 heteroatoms. The normalized spacial score (nSPS) is 16.8. The zero-order chi connectivity index (χ0) is 7.98. The van der Waals surface area contributed by atoms with Crippen molar-refractivity contribution in [2.45, 2.75) is 52.6 Å². The van der Waals surface area contributed by atoms with Gasteiger partial charge in [0.05, 0.1) is 6.10 Å². The predicted molar refractivity (Wildman–Crippen MR) is 45.0 cm³/mol. The lowest BCUT2D eigenvalue weighted by Gasteiger charge is -2.13. The molecule has 1 nitrogen and oxygen atoms in total. The van der Waals surface area contributed by atoms with Crippen LogP contribution in [0.4, 0.5) is 0 Å². The van der Waals surface area contributed by atoms with E-state index in [1.807, 2.05) is 6.92 Å². The lowest BCUT2D eigenvalue weighted by atomic mass is 9.99. The second kappa shape index (κ2) is 5.72. The van der Waals surface area contributed by atoms with Crippen molar-refractivity contribution in [2.24, 2.45) is 5.92 Å². The fourth-order valence-corrected chi connectivity index (χ4v) is 0.958. The Morgan fingerprint density at radius 2 is 1.80 bits per heavy atom. The van der Waals surface area contributed by atoms with Gasteiger partial charge in [-0.1, -0.05) is 33.1 Å². The van der Waals surface area contributed by atoms with Crippen LogP contribution in [-0.4, -0.2) is 11.2 Å². The summed E-state index contributed by atoms with van der Waals surface area (Å²) in [6, 6.07) is 0. The van der Waals surface area contributed by atoms with Gasteiger partial charge in [0.1, 0.15) is 0 Å². The van der Waals surface area contributed by atoms with Crippen molar-refractivity contribution in [1.29, 1.82) is 0 Å². The Morgan fingerprint density at radius 3 is 2.20 bits per heavy atom. The highest BCUT2D eigenvalue weighted by atomic mass is 16.3. The lowest BCUT2D eigenvalue weighted by Crippen LogP contribution is -2.12. The van der Waals surface area contributed by atoms with Gasteiger partial charge in [-0.3, -0.25) is 0 Å². The fraction of sp³-hybridized carbons (Fsp3) is 1.00. The summed E-state index contributed by atoms with van der Waals surface area (Å²) in [5.74, 6) is 0.478. The molecule has 2 atom stereocenters. The summed E-state index contributed by atoms with van der Waals surface area (Å²) in [5, 5.41) is 9.12. The van der Waals surface area contributed by atoms with Crippen LogP contribution in [0.2, 0.25) is 0 Å². The summed E-state index contributed by atoms with van der Waals surface area (Å²) in [7, 11) is 0. The molecule has 0 spiro atoms. The molecule has 0 bridgehead atoms. The summed E-state index contributed by atoms with van der Waals surface area (Å²) >= 11 is 0. The molecule has 0 saturated carbocycles. The Hall–Kier alpha value is -0.0400. The van der Waals surface area contributed by atoms with Crippen molar-refractivity contribution in [3.05, 3.63) is 0 Å². The summed E-state index contributed by atoms with van der Waals surface area (Å²) < 4.78 is 0. The van der Waals surface area contributed by atoms with Crippen molar-refractivity contribution >= 4 is 0 Å². The van der Waals surface area contributed by atoms with E-state index in [0.29, 0.717) is 5.92 Å². The van der Waals surface area contributed by atoms with E-state index in [-0.39, 0.29) is 6.10 Å². The number of aliphatic hydroxyl groups is 1. The first-order valence-electron chi connectivity index (χ1n) is 4.36. The molecule has 0 aromatic rings. The topological polar surface area (TPSA) is 20.2 Å². The van der Waals surface area contributed by atoms with Crippen molar-refractivity contribution < 1.29 is 5.11 Å². The summed E-state index contributed by atoms with van der Waals surface area (Å²) in [6.45, 7) is 6.18. The molecule has 0 heterocycles. The van der Waals surface area contributed by atoms with Gasteiger partial charge >= 0.3 is 0 Å². The van der Waals surface area contributed by atoms with Gasteiger partial charge in [-0.15, -0.1) is 0 Å².